The molecule has 0 N–H and O–H groups in total. The van der Waals surface area contributed by atoms with Crippen LogP contribution in [0, 0.1) is 17.2 Å². The highest BCUT2D eigenvalue weighted by atomic mass is 19.1. The second-order valence-corrected chi connectivity index (χ2v) is 9.33. The Balaban J connectivity index is 1.60. The Kier molecular flexibility index (Phi) is 9.84. The Morgan fingerprint density at radius 2 is 1.68 bits per heavy atom. The lowest BCUT2D eigenvalue weighted by Gasteiger charge is -2.35. The van der Waals surface area contributed by atoms with Crippen molar-refractivity contribution in [3.8, 4) is 22.6 Å². The third kappa shape index (κ3) is 8.04. The second kappa shape index (κ2) is 13.0. The minimum absolute atomic E-state index is 0.00268. The number of hydrogen-bond acceptors (Lipinski definition) is 9. The Morgan fingerprint density at radius 3 is 2.29 bits per heavy atom. The maximum atomic E-state index is 14.9. The third-order valence-corrected chi connectivity index (χ3v) is 5.55. The molecule has 2 aromatic rings. The zero-order valence-electron chi connectivity index (χ0n) is 21.6. The van der Waals surface area contributed by atoms with E-state index >= 15 is 0 Å². The molecule has 1 aliphatic heterocycles. The first-order valence-electron chi connectivity index (χ1n) is 12.0. The van der Waals surface area contributed by atoms with Gasteiger partial charge in [0.25, 0.3) is 0 Å². The van der Waals surface area contributed by atoms with Crippen molar-refractivity contribution in [1.82, 2.24) is 0 Å². The lowest BCUT2D eigenvalue weighted by molar-refractivity contribution is -0.143. The monoisotopic (exact) mass is 530 g/mol. The summed E-state index contributed by atoms with van der Waals surface area (Å²) in [7, 11) is 0. The van der Waals surface area contributed by atoms with Crippen molar-refractivity contribution in [3.05, 3.63) is 60.4 Å². The predicted octanol–water partition coefficient (Wildman–Crippen LogP) is 4.72. The number of carbonyl (C=O) groups excluding carboxylic acids is 3. The molecule has 1 aliphatic rings. The molecule has 0 radical (unpaired) electrons. The van der Waals surface area contributed by atoms with Gasteiger partial charge in [-0.15, -0.1) is 0 Å². The summed E-state index contributed by atoms with van der Waals surface area (Å²) in [6.07, 6.45) is -0.809. The maximum absolute atomic E-state index is 14.9. The summed E-state index contributed by atoms with van der Waals surface area (Å²) < 4.78 is 46.5. The molecule has 3 rings (SSSR count). The Hall–Kier alpha value is -3.92. The molecule has 1 fully saturated rings. The molecule has 1 saturated heterocycles. The fraction of sp³-hybridized carbons (Fsp3) is 0.393. The van der Waals surface area contributed by atoms with Crippen LogP contribution in [-0.4, -0.2) is 57.7 Å². The fourth-order valence-electron chi connectivity index (χ4n) is 3.30. The van der Waals surface area contributed by atoms with E-state index < -0.39 is 23.4 Å². The molecule has 9 nitrogen and oxygen atoms in total. The summed E-state index contributed by atoms with van der Waals surface area (Å²) in [4.78, 5) is 34.6. The van der Waals surface area contributed by atoms with Gasteiger partial charge in [-0.25, -0.2) is 14.0 Å². The molecule has 0 spiro atoms. The van der Waals surface area contributed by atoms with E-state index in [1.807, 2.05) is 0 Å². The average Bonchev–Trinajstić information content (AvgIpc) is 2.89. The van der Waals surface area contributed by atoms with Crippen LogP contribution in [0.1, 0.15) is 20.8 Å². The Bertz CT molecular complexity index is 1150. The normalized spacial score (nSPS) is 14.3. The molecule has 0 unspecified atom stereocenters. The molecular formula is C28H31FO9. The quantitative estimate of drug-likeness (QED) is 0.167. The van der Waals surface area contributed by atoms with E-state index in [-0.39, 0.29) is 62.9 Å². The van der Waals surface area contributed by atoms with Gasteiger partial charge in [0.1, 0.15) is 32.2 Å². The van der Waals surface area contributed by atoms with Crippen LogP contribution in [0.4, 0.5) is 9.18 Å². The van der Waals surface area contributed by atoms with Crippen molar-refractivity contribution in [1.29, 1.82) is 0 Å². The van der Waals surface area contributed by atoms with E-state index in [1.54, 1.807) is 44.2 Å². The molecule has 0 aliphatic carbocycles. The van der Waals surface area contributed by atoms with Crippen molar-refractivity contribution in [2.24, 2.45) is 11.3 Å². The van der Waals surface area contributed by atoms with Crippen LogP contribution in [0.15, 0.2) is 54.6 Å². The molecular weight excluding hydrogens is 499 g/mol. The minimum Gasteiger partial charge on any atom is -0.490 e. The number of benzene rings is 2. The minimum atomic E-state index is -0.888. The van der Waals surface area contributed by atoms with Crippen molar-refractivity contribution < 1.29 is 47.2 Å². The Labute approximate surface area is 220 Å². The summed E-state index contributed by atoms with van der Waals surface area (Å²) in [5.41, 5.74) is 0.721. The standard InChI is InChI=1S/C28H31FO9/c1-18(2)25(30)34-12-11-33-14-28(16-36-27(32)37-17-28)15-35-24-10-7-21(13-23(24)29)20-5-8-22(9-6-20)38-26(31)19(3)4/h5-10,13,19H,1,11-12,14-17H2,2-4H3. The van der Waals surface area contributed by atoms with Gasteiger partial charge in [-0.2, -0.15) is 0 Å². The van der Waals surface area contributed by atoms with Crippen LogP contribution >= 0.6 is 0 Å². The fourth-order valence-corrected chi connectivity index (χ4v) is 3.30. The first kappa shape index (κ1) is 28.6. The van der Waals surface area contributed by atoms with Gasteiger partial charge in [0.15, 0.2) is 11.6 Å². The SMILES string of the molecule is C=C(C)C(=O)OCCOCC1(COc2ccc(-c3ccc(OC(=O)C(C)C)cc3)cc2F)COC(=O)OC1. The molecule has 0 aromatic heterocycles. The van der Waals surface area contributed by atoms with Crippen LogP contribution in [-0.2, 0) is 28.5 Å². The van der Waals surface area contributed by atoms with Gasteiger partial charge in [0, 0.05) is 5.57 Å². The van der Waals surface area contributed by atoms with Crippen LogP contribution in [0.5, 0.6) is 11.5 Å². The lowest BCUT2D eigenvalue weighted by Crippen LogP contribution is -2.47. The van der Waals surface area contributed by atoms with E-state index in [2.05, 4.69) is 6.58 Å². The summed E-state index contributed by atoms with van der Waals surface area (Å²) in [5, 5.41) is 0. The highest BCUT2D eigenvalue weighted by Crippen LogP contribution is 2.30. The zero-order valence-corrected chi connectivity index (χ0v) is 21.6. The van der Waals surface area contributed by atoms with Gasteiger partial charge in [-0.3, -0.25) is 4.79 Å². The van der Waals surface area contributed by atoms with Crippen molar-refractivity contribution >= 4 is 18.1 Å². The molecule has 38 heavy (non-hydrogen) atoms. The number of rotatable bonds is 12. The smallest absolute Gasteiger partial charge is 0.490 e. The van der Waals surface area contributed by atoms with Crippen LogP contribution in [0.25, 0.3) is 11.1 Å². The summed E-state index contributed by atoms with van der Waals surface area (Å²) in [5.74, 6) is -1.29. The van der Waals surface area contributed by atoms with E-state index in [1.165, 1.54) is 19.1 Å². The lowest BCUT2D eigenvalue weighted by atomic mass is 9.91. The van der Waals surface area contributed by atoms with Gasteiger partial charge in [-0.1, -0.05) is 38.6 Å². The number of cyclic esters (lactones) is 2. The molecule has 0 atom stereocenters. The molecule has 1 heterocycles. The van der Waals surface area contributed by atoms with E-state index in [0.29, 0.717) is 11.3 Å². The molecule has 0 amide bonds. The average molecular weight is 531 g/mol. The molecule has 204 valence electrons. The van der Waals surface area contributed by atoms with Crippen molar-refractivity contribution in [3.63, 3.8) is 0 Å². The number of esters is 2. The van der Waals surface area contributed by atoms with E-state index in [4.69, 9.17) is 28.4 Å². The second-order valence-electron chi connectivity index (χ2n) is 9.33. The van der Waals surface area contributed by atoms with E-state index in [9.17, 15) is 18.8 Å². The molecule has 2 aromatic carbocycles. The first-order chi connectivity index (χ1) is 18.1. The largest absolute Gasteiger partial charge is 0.508 e. The first-order valence-corrected chi connectivity index (χ1v) is 12.0. The van der Waals surface area contributed by atoms with Gasteiger partial charge < -0.3 is 28.4 Å². The maximum Gasteiger partial charge on any atom is 0.508 e. The highest BCUT2D eigenvalue weighted by Gasteiger charge is 2.39. The third-order valence-electron chi connectivity index (χ3n) is 5.55. The number of ether oxygens (including phenoxy) is 6. The van der Waals surface area contributed by atoms with Gasteiger partial charge >= 0.3 is 18.1 Å². The van der Waals surface area contributed by atoms with Gasteiger partial charge in [0.2, 0.25) is 0 Å². The summed E-state index contributed by atoms with van der Waals surface area (Å²) >= 11 is 0. The molecule has 10 heteroatoms. The van der Waals surface area contributed by atoms with Crippen molar-refractivity contribution in [2.75, 3.05) is 39.6 Å². The molecule has 0 bridgehead atoms. The van der Waals surface area contributed by atoms with Crippen LogP contribution in [0.2, 0.25) is 0 Å². The number of hydrogen-bond donors (Lipinski definition) is 0. The van der Waals surface area contributed by atoms with Gasteiger partial charge in [-0.05, 0) is 42.3 Å². The van der Waals surface area contributed by atoms with Crippen molar-refractivity contribution in [2.45, 2.75) is 20.8 Å². The predicted molar refractivity (Wildman–Crippen MR) is 134 cm³/mol. The van der Waals surface area contributed by atoms with Crippen LogP contribution < -0.4 is 9.47 Å². The van der Waals surface area contributed by atoms with E-state index in [0.717, 1.165) is 5.56 Å². The van der Waals surface area contributed by atoms with Gasteiger partial charge in [0.05, 0.1) is 24.5 Å². The summed E-state index contributed by atoms with van der Waals surface area (Å²) in [6.45, 7) is 8.53. The highest BCUT2D eigenvalue weighted by molar-refractivity contribution is 5.86. The van der Waals surface area contributed by atoms with Crippen LogP contribution in [0.3, 0.4) is 0 Å². The molecule has 0 saturated carbocycles. The Morgan fingerprint density at radius 1 is 1.03 bits per heavy atom. The number of halogens is 1. The zero-order chi connectivity index (χ0) is 27.7. The number of carbonyl (C=O) groups is 3. The topological polar surface area (TPSA) is 107 Å². The summed E-state index contributed by atoms with van der Waals surface area (Å²) in [6, 6.07) is 11.3.